The van der Waals surface area contributed by atoms with Crippen molar-refractivity contribution in [2.45, 2.75) is 45.4 Å². The van der Waals surface area contributed by atoms with Gasteiger partial charge in [-0.25, -0.2) is 4.79 Å². The van der Waals surface area contributed by atoms with Crippen LogP contribution in [0.5, 0.6) is 0 Å². The van der Waals surface area contributed by atoms with Crippen LogP contribution in [0.25, 0.3) is 21.8 Å². The minimum atomic E-state index is -0.813. The Hall–Kier alpha value is -2.55. The summed E-state index contributed by atoms with van der Waals surface area (Å²) in [6.07, 6.45) is 8.30. The van der Waals surface area contributed by atoms with Gasteiger partial charge in [-0.05, 0) is 44.2 Å². The van der Waals surface area contributed by atoms with E-state index in [1.165, 1.54) is 33.8 Å². The molecule has 0 saturated carbocycles. The number of aliphatic carboxylic acids is 1. The van der Waals surface area contributed by atoms with E-state index < -0.39 is 5.97 Å². The van der Waals surface area contributed by atoms with Crippen molar-refractivity contribution in [3.05, 3.63) is 59.7 Å². The maximum absolute atomic E-state index is 10.7. The van der Waals surface area contributed by atoms with Crippen LogP contribution in [0, 0.1) is 0 Å². The Balaban J connectivity index is 1.54. The molecule has 0 saturated heterocycles. The molecule has 0 bridgehead atoms. The molecule has 3 rings (SSSR count). The van der Waals surface area contributed by atoms with Crippen LogP contribution in [0.4, 0.5) is 0 Å². The topological polar surface area (TPSA) is 53.1 Å². The van der Waals surface area contributed by atoms with Gasteiger partial charge in [-0.2, -0.15) is 0 Å². The van der Waals surface area contributed by atoms with Crippen molar-refractivity contribution >= 4 is 27.8 Å². The molecule has 3 nitrogen and oxygen atoms in total. The number of benzene rings is 2. The third kappa shape index (κ3) is 4.11. The van der Waals surface area contributed by atoms with Crippen molar-refractivity contribution in [3.63, 3.8) is 0 Å². The second-order valence-electron chi connectivity index (χ2n) is 6.66. The molecule has 2 aromatic carbocycles. The largest absolute Gasteiger partial charge is 0.478 e. The Bertz CT molecular complexity index is 905. The number of para-hydroxylation sites is 2. The smallest absolute Gasteiger partial charge is 0.330 e. The molecule has 2 N–H and O–H groups in total. The molecule has 0 aliphatic heterocycles. The lowest BCUT2D eigenvalue weighted by Gasteiger charge is -2.04. The van der Waals surface area contributed by atoms with Crippen LogP contribution in [-0.4, -0.2) is 16.1 Å². The first kappa shape index (κ1) is 17.3. The van der Waals surface area contributed by atoms with E-state index in [1.807, 2.05) is 6.08 Å². The van der Waals surface area contributed by atoms with Crippen LogP contribution < -0.4 is 0 Å². The first-order valence-corrected chi connectivity index (χ1v) is 9.05. The van der Waals surface area contributed by atoms with Crippen LogP contribution in [-0.2, 0) is 11.2 Å². The highest BCUT2D eigenvalue weighted by Gasteiger charge is 2.07. The number of rotatable bonds is 8. The summed E-state index contributed by atoms with van der Waals surface area (Å²) in [6.45, 7) is 1.66. The SMILES string of the molecule is CC(=CCCCCCCc1cccc2c1[nH]c1ccccc12)C(=O)O. The fourth-order valence-electron chi connectivity index (χ4n) is 3.36. The average Bonchev–Trinajstić information content (AvgIpc) is 3.00. The fraction of sp³-hybridized carbons (Fsp3) is 0.318. The van der Waals surface area contributed by atoms with Crippen molar-refractivity contribution in [2.24, 2.45) is 0 Å². The lowest BCUT2D eigenvalue weighted by molar-refractivity contribution is -0.132. The van der Waals surface area contributed by atoms with Gasteiger partial charge in [0.2, 0.25) is 0 Å². The number of carbonyl (C=O) groups is 1. The Kier molecular flexibility index (Phi) is 5.54. The van der Waals surface area contributed by atoms with Gasteiger partial charge in [-0.3, -0.25) is 0 Å². The van der Waals surface area contributed by atoms with E-state index in [0.717, 1.165) is 32.1 Å². The molecule has 3 heteroatoms. The summed E-state index contributed by atoms with van der Waals surface area (Å²) >= 11 is 0. The normalized spacial score (nSPS) is 12.1. The van der Waals surface area contributed by atoms with E-state index in [1.54, 1.807) is 6.92 Å². The average molecular weight is 335 g/mol. The van der Waals surface area contributed by atoms with Gasteiger partial charge in [0, 0.05) is 27.4 Å². The molecule has 0 fully saturated rings. The lowest BCUT2D eigenvalue weighted by atomic mass is 10.0. The highest BCUT2D eigenvalue weighted by Crippen LogP contribution is 2.28. The molecule has 0 aliphatic carbocycles. The number of carboxylic acids is 1. The maximum Gasteiger partial charge on any atom is 0.330 e. The van der Waals surface area contributed by atoms with E-state index in [-0.39, 0.29) is 0 Å². The first-order chi connectivity index (χ1) is 12.2. The molecule has 0 atom stereocenters. The summed E-state index contributed by atoms with van der Waals surface area (Å²) < 4.78 is 0. The van der Waals surface area contributed by atoms with Crippen molar-refractivity contribution in [1.29, 1.82) is 0 Å². The van der Waals surface area contributed by atoms with Crippen LogP contribution in [0.2, 0.25) is 0 Å². The molecule has 0 radical (unpaired) electrons. The van der Waals surface area contributed by atoms with Gasteiger partial charge in [-0.15, -0.1) is 0 Å². The van der Waals surface area contributed by atoms with Gasteiger partial charge in [-0.1, -0.05) is 55.3 Å². The van der Waals surface area contributed by atoms with Gasteiger partial charge in [0.1, 0.15) is 0 Å². The third-order valence-corrected chi connectivity index (χ3v) is 4.82. The molecule has 1 heterocycles. The van der Waals surface area contributed by atoms with E-state index in [2.05, 4.69) is 47.4 Å². The van der Waals surface area contributed by atoms with Gasteiger partial charge in [0.05, 0.1) is 0 Å². The standard InChI is InChI=1S/C22H25NO2/c1-16(22(24)25)10-5-3-2-4-6-11-17-12-9-14-19-18-13-7-8-15-20(18)23-21(17)19/h7-10,12-15,23H,2-6,11H2,1H3,(H,24,25). The van der Waals surface area contributed by atoms with Crippen LogP contribution in [0.1, 0.15) is 44.6 Å². The number of aromatic nitrogens is 1. The summed E-state index contributed by atoms with van der Waals surface area (Å²) in [5.41, 5.74) is 4.30. The summed E-state index contributed by atoms with van der Waals surface area (Å²) in [4.78, 5) is 14.3. The van der Waals surface area contributed by atoms with Crippen LogP contribution in [0.15, 0.2) is 54.1 Å². The molecule has 1 aromatic heterocycles. The molecule has 0 amide bonds. The summed E-state index contributed by atoms with van der Waals surface area (Å²) in [5, 5.41) is 11.4. The maximum atomic E-state index is 10.7. The number of fused-ring (bicyclic) bond motifs is 3. The Morgan fingerprint density at radius 2 is 1.76 bits per heavy atom. The van der Waals surface area contributed by atoms with Crippen molar-refractivity contribution in [3.8, 4) is 0 Å². The van der Waals surface area contributed by atoms with Crippen LogP contribution in [0.3, 0.4) is 0 Å². The minimum absolute atomic E-state index is 0.450. The highest BCUT2D eigenvalue weighted by atomic mass is 16.4. The zero-order valence-electron chi connectivity index (χ0n) is 14.7. The highest BCUT2D eigenvalue weighted by molar-refractivity contribution is 6.08. The fourth-order valence-corrected chi connectivity index (χ4v) is 3.36. The zero-order valence-corrected chi connectivity index (χ0v) is 14.7. The first-order valence-electron chi connectivity index (χ1n) is 9.05. The second-order valence-corrected chi connectivity index (χ2v) is 6.66. The molecular weight excluding hydrogens is 310 g/mol. The molecular formula is C22H25NO2. The zero-order chi connectivity index (χ0) is 17.6. The number of H-pyrrole nitrogens is 1. The van der Waals surface area contributed by atoms with E-state index in [9.17, 15) is 4.79 Å². The number of aromatic amines is 1. The van der Waals surface area contributed by atoms with Crippen molar-refractivity contribution in [1.82, 2.24) is 4.98 Å². The summed E-state index contributed by atoms with van der Waals surface area (Å²) in [5.74, 6) is -0.813. The predicted octanol–water partition coefficient (Wildman–Crippen LogP) is 5.85. The quantitative estimate of drug-likeness (QED) is 0.401. The Morgan fingerprint density at radius 1 is 1.00 bits per heavy atom. The van der Waals surface area contributed by atoms with Gasteiger partial charge in [0.15, 0.2) is 0 Å². The number of hydrogen-bond donors (Lipinski definition) is 2. The minimum Gasteiger partial charge on any atom is -0.478 e. The number of carboxylic acid groups (broad SMARTS) is 1. The van der Waals surface area contributed by atoms with Crippen LogP contribution >= 0.6 is 0 Å². The molecule has 25 heavy (non-hydrogen) atoms. The van der Waals surface area contributed by atoms with E-state index in [4.69, 9.17) is 5.11 Å². The lowest BCUT2D eigenvalue weighted by Crippen LogP contribution is -1.95. The number of nitrogens with one attached hydrogen (secondary N) is 1. The monoisotopic (exact) mass is 335 g/mol. The molecule has 3 aromatic rings. The number of allylic oxidation sites excluding steroid dienone is 1. The van der Waals surface area contributed by atoms with E-state index >= 15 is 0 Å². The third-order valence-electron chi connectivity index (χ3n) is 4.82. The van der Waals surface area contributed by atoms with Gasteiger partial charge in [0.25, 0.3) is 0 Å². The Labute approximate surface area is 148 Å². The Morgan fingerprint density at radius 3 is 2.60 bits per heavy atom. The summed E-state index contributed by atoms with van der Waals surface area (Å²) in [6, 6.07) is 15.0. The summed E-state index contributed by atoms with van der Waals surface area (Å²) in [7, 11) is 0. The second kappa shape index (κ2) is 8.02. The number of aryl methyl sites for hydroxylation is 1. The van der Waals surface area contributed by atoms with Crippen molar-refractivity contribution < 1.29 is 9.90 Å². The number of unbranched alkanes of at least 4 members (excludes halogenated alkanes) is 4. The molecule has 130 valence electrons. The number of hydrogen-bond acceptors (Lipinski definition) is 1. The molecule has 0 unspecified atom stereocenters. The molecule has 0 aliphatic rings. The van der Waals surface area contributed by atoms with Gasteiger partial charge < -0.3 is 10.1 Å². The van der Waals surface area contributed by atoms with Gasteiger partial charge >= 0.3 is 5.97 Å². The predicted molar refractivity (Wildman–Crippen MR) is 104 cm³/mol. The van der Waals surface area contributed by atoms with Crippen molar-refractivity contribution in [2.75, 3.05) is 0 Å². The van der Waals surface area contributed by atoms with E-state index in [0.29, 0.717) is 5.57 Å². The molecule has 0 spiro atoms.